The molecular formula is C24H40N4O3. The zero-order valence-electron chi connectivity index (χ0n) is 19.1. The molecule has 0 unspecified atom stereocenters. The summed E-state index contributed by atoms with van der Waals surface area (Å²) in [4.78, 5) is 6.72. The molecule has 1 aromatic carbocycles. The predicted molar refractivity (Wildman–Crippen MR) is 125 cm³/mol. The van der Waals surface area contributed by atoms with Crippen molar-refractivity contribution in [1.29, 1.82) is 0 Å². The van der Waals surface area contributed by atoms with Gasteiger partial charge in [0.1, 0.15) is 12.4 Å². The Morgan fingerprint density at radius 2 is 1.90 bits per heavy atom. The van der Waals surface area contributed by atoms with Gasteiger partial charge in [0.05, 0.1) is 19.3 Å². The van der Waals surface area contributed by atoms with E-state index in [1.807, 2.05) is 18.2 Å². The average Bonchev–Trinajstić information content (AvgIpc) is 2.83. The number of nitrogens with zero attached hydrogens (tertiary/aromatic N) is 2. The van der Waals surface area contributed by atoms with Crippen LogP contribution in [0, 0.1) is 0 Å². The second-order valence-electron chi connectivity index (χ2n) is 8.25. The topological polar surface area (TPSA) is 67.4 Å². The summed E-state index contributed by atoms with van der Waals surface area (Å²) in [6.45, 7) is 7.56. The molecule has 7 heteroatoms. The predicted octanol–water partition coefficient (Wildman–Crippen LogP) is 2.80. The molecular weight excluding hydrogens is 392 g/mol. The first-order valence-electron chi connectivity index (χ1n) is 11.9. The summed E-state index contributed by atoms with van der Waals surface area (Å²) in [6.07, 6.45) is 7.92. The lowest BCUT2D eigenvalue weighted by Crippen LogP contribution is -2.39. The molecule has 174 valence electrons. The molecule has 31 heavy (non-hydrogen) atoms. The summed E-state index contributed by atoms with van der Waals surface area (Å²) < 4.78 is 17.5. The minimum atomic E-state index is 0.478. The van der Waals surface area contributed by atoms with Crippen LogP contribution in [0.25, 0.3) is 0 Å². The molecule has 1 heterocycles. The Balaban J connectivity index is 1.32. The van der Waals surface area contributed by atoms with Crippen molar-refractivity contribution in [3.8, 4) is 5.75 Å². The van der Waals surface area contributed by atoms with Crippen LogP contribution in [0.4, 0.5) is 0 Å². The van der Waals surface area contributed by atoms with Crippen molar-refractivity contribution < 1.29 is 14.2 Å². The number of ether oxygens (including phenoxy) is 3. The number of hydrogen-bond donors (Lipinski definition) is 2. The highest BCUT2D eigenvalue weighted by molar-refractivity contribution is 5.79. The van der Waals surface area contributed by atoms with Crippen molar-refractivity contribution in [3.05, 3.63) is 29.8 Å². The Labute approximate surface area is 187 Å². The van der Waals surface area contributed by atoms with E-state index >= 15 is 0 Å². The highest BCUT2D eigenvalue weighted by atomic mass is 16.5. The van der Waals surface area contributed by atoms with Crippen molar-refractivity contribution in [3.63, 3.8) is 0 Å². The SMILES string of the molecule is CN=C(NCCCOC1CCCCC1)NCc1ccccc1OCCN1CCOCC1. The molecule has 0 radical (unpaired) electrons. The second kappa shape index (κ2) is 14.3. The highest BCUT2D eigenvalue weighted by Crippen LogP contribution is 2.20. The Kier molecular flexibility index (Phi) is 11.0. The van der Waals surface area contributed by atoms with Gasteiger partial charge >= 0.3 is 0 Å². The fourth-order valence-electron chi connectivity index (χ4n) is 4.06. The van der Waals surface area contributed by atoms with Gasteiger partial charge in [-0.3, -0.25) is 9.89 Å². The molecule has 1 aliphatic carbocycles. The van der Waals surface area contributed by atoms with E-state index in [0.717, 1.165) is 69.7 Å². The lowest BCUT2D eigenvalue weighted by Gasteiger charge is -2.26. The monoisotopic (exact) mass is 432 g/mol. The van der Waals surface area contributed by atoms with Crippen LogP contribution in [0.2, 0.25) is 0 Å². The van der Waals surface area contributed by atoms with Crippen LogP contribution < -0.4 is 15.4 Å². The summed E-state index contributed by atoms with van der Waals surface area (Å²) >= 11 is 0. The van der Waals surface area contributed by atoms with Crippen molar-refractivity contribution in [2.45, 2.75) is 51.2 Å². The van der Waals surface area contributed by atoms with Crippen molar-refractivity contribution >= 4 is 5.96 Å². The number of guanidine groups is 1. The van der Waals surface area contributed by atoms with Crippen LogP contribution in [0.5, 0.6) is 5.75 Å². The third-order valence-corrected chi connectivity index (χ3v) is 5.93. The number of para-hydroxylation sites is 1. The van der Waals surface area contributed by atoms with E-state index in [1.54, 1.807) is 7.05 Å². The Morgan fingerprint density at radius 3 is 2.71 bits per heavy atom. The van der Waals surface area contributed by atoms with E-state index in [4.69, 9.17) is 14.2 Å². The van der Waals surface area contributed by atoms with Crippen LogP contribution in [-0.2, 0) is 16.0 Å². The van der Waals surface area contributed by atoms with Crippen LogP contribution in [-0.4, -0.2) is 76.6 Å². The molecule has 1 saturated heterocycles. The molecule has 2 fully saturated rings. The van der Waals surface area contributed by atoms with E-state index in [2.05, 4.69) is 26.6 Å². The number of rotatable bonds is 11. The van der Waals surface area contributed by atoms with Crippen LogP contribution in [0.3, 0.4) is 0 Å². The van der Waals surface area contributed by atoms with Crippen molar-refractivity contribution in [2.24, 2.45) is 4.99 Å². The van der Waals surface area contributed by atoms with E-state index in [1.165, 1.54) is 32.1 Å². The van der Waals surface area contributed by atoms with Gasteiger partial charge in [-0.15, -0.1) is 0 Å². The first-order chi connectivity index (χ1) is 15.3. The molecule has 1 aromatic rings. The molecule has 0 atom stereocenters. The van der Waals surface area contributed by atoms with Gasteiger partial charge in [-0.05, 0) is 25.3 Å². The second-order valence-corrected chi connectivity index (χ2v) is 8.25. The van der Waals surface area contributed by atoms with Gasteiger partial charge in [-0.2, -0.15) is 0 Å². The van der Waals surface area contributed by atoms with Gasteiger partial charge in [0.15, 0.2) is 5.96 Å². The van der Waals surface area contributed by atoms with Crippen molar-refractivity contribution in [2.75, 3.05) is 59.7 Å². The van der Waals surface area contributed by atoms with Crippen LogP contribution in [0.15, 0.2) is 29.3 Å². The molecule has 3 rings (SSSR count). The largest absolute Gasteiger partial charge is 0.492 e. The summed E-state index contributed by atoms with van der Waals surface area (Å²) in [7, 11) is 1.80. The first-order valence-corrected chi connectivity index (χ1v) is 11.9. The van der Waals surface area contributed by atoms with Gasteiger partial charge in [-0.25, -0.2) is 0 Å². The number of aliphatic imine (C=N–C) groups is 1. The minimum absolute atomic E-state index is 0.478. The van der Waals surface area contributed by atoms with Gasteiger partial charge in [0, 0.05) is 51.9 Å². The van der Waals surface area contributed by atoms with Gasteiger partial charge in [0.2, 0.25) is 0 Å². The van der Waals surface area contributed by atoms with E-state index < -0.39 is 0 Å². The lowest BCUT2D eigenvalue weighted by molar-refractivity contribution is 0.0277. The summed E-state index contributed by atoms with van der Waals surface area (Å²) in [5, 5.41) is 6.78. The average molecular weight is 433 g/mol. The molecule has 0 spiro atoms. The Hall–Kier alpha value is -1.83. The first kappa shape index (κ1) is 23.8. The third-order valence-electron chi connectivity index (χ3n) is 5.93. The fraction of sp³-hybridized carbons (Fsp3) is 0.708. The Morgan fingerprint density at radius 1 is 1.10 bits per heavy atom. The molecule has 2 aliphatic rings. The quantitative estimate of drug-likeness (QED) is 0.318. The maximum Gasteiger partial charge on any atom is 0.191 e. The normalized spacial score (nSPS) is 18.7. The summed E-state index contributed by atoms with van der Waals surface area (Å²) in [5.41, 5.74) is 1.13. The van der Waals surface area contributed by atoms with Crippen molar-refractivity contribution in [1.82, 2.24) is 15.5 Å². The van der Waals surface area contributed by atoms with Gasteiger partial charge in [0.25, 0.3) is 0 Å². The zero-order valence-corrected chi connectivity index (χ0v) is 19.1. The number of nitrogens with one attached hydrogen (secondary N) is 2. The minimum Gasteiger partial charge on any atom is -0.492 e. The van der Waals surface area contributed by atoms with E-state index in [-0.39, 0.29) is 0 Å². The summed E-state index contributed by atoms with van der Waals surface area (Å²) in [6, 6.07) is 8.20. The molecule has 0 bridgehead atoms. The molecule has 1 aliphatic heterocycles. The van der Waals surface area contributed by atoms with E-state index in [9.17, 15) is 0 Å². The highest BCUT2D eigenvalue weighted by Gasteiger charge is 2.13. The number of morpholine rings is 1. The zero-order chi connectivity index (χ0) is 21.6. The maximum absolute atomic E-state index is 6.08. The van der Waals surface area contributed by atoms with Crippen LogP contribution >= 0.6 is 0 Å². The number of hydrogen-bond acceptors (Lipinski definition) is 5. The fourth-order valence-corrected chi connectivity index (χ4v) is 4.06. The smallest absolute Gasteiger partial charge is 0.191 e. The molecule has 0 amide bonds. The molecule has 2 N–H and O–H groups in total. The van der Waals surface area contributed by atoms with Gasteiger partial charge in [-0.1, -0.05) is 37.5 Å². The molecule has 1 saturated carbocycles. The third kappa shape index (κ3) is 9.05. The lowest BCUT2D eigenvalue weighted by atomic mass is 9.98. The molecule has 0 aromatic heterocycles. The summed E-state index contributed by atoms with van der Waals surface area (Å²) in [5.74, 6) is 1.74. The number of benzene rings is 1. The van der Waals surface area contributed by atoms with Gasteiger partial charge < -0.3 is 24.8 Å². The van der Waals surface area contributed by atoms with Crippen LogP contribution in [0.1, 0.15) is 44.1 Å². The standard InChI is InChI=1S/C24H40N4O3/c1-25-24(26-12-7-16-30-22-9-3-2-4-10-22)27-20-21-8-5-6-11-23(21)31-19-15-28-13-17-29-18-14-28/h5-6,8,11,22H,2-4,7,9-10,12-20H2,1H3,(H2,25,26,27). The van der Waals surface area contributed by atoms with E-state index in [0.29, 0.717) is 19.3 Å². The Bertz CT molecular complexity index is 643. The maximum atomic E-state index is 6.08. The molecule has 7 nitrogen and oxygen atoms in total.